The number of nitrogens with zero attached hydrogens (tertiary/aromatic N) is 1. The molecule has 0 bridgehead atoms. The monoisotopic (exact) mass is 225 g/mol. The lowest BCUT2D eigenvalue weighted by Crippen LogP contribution is -2.62. The summed E-state index contributed by atoms with van der Waals surface area (Å²) in [6, 6.07) is 0. The van der Waals surface area contributed by atoms with Crippen LogP contribution < -0.4 is 0 Å². The zero-order valence-corrected chi connectivity index (χ0v) is 11.0. The van der Waals surface area contributed by atoms with E-state index in [1.54, 1.807) is 0 Å². The molecular formula is C13H23NO2. The van der Waals surface area contributed by atoms with E-state index in [0.29, 0.717) is 0 Å². The van der Waals surface area contributed by atoms with Gasteiger partial charge in [-0.15, -0.1) is 0 Å². The van der Waals surface area contributed by atoms with E-state index >= 15 is 0 Å². The van der Waals surface area contributed by atoms with Gasteiger partial charge in [0.15, 0.2) is 0 Å². The SMILES string of the molecule is C=CC(=O)OC1CCN(C)C(C)(C)C1(C)C. The normalized spacial score (nSPS) is 28.4. The fourth-order valence-electron chi connectivity index (χ4n) is 2.23. The lowest BCUT2D eigenvalue weighted by atomic mass is 9.66. The maximum Gasteiger partial charge on any atom is 0.330 e. The Kier molecular flexibility index (Phi) is 3.48. The lowest BCUT2D eigenvalue weighted by molar-refractivity contribution is -0.166. The molecule has 0 aliphatic carbocycles. The second kappa shape index (κ2) is 4.21. The number of likely N-dealkylation sites (tertiary alicyclic amines) is 1. The van der Waals surface area contributed by atoms with Crippen LogP contribution in [0.1, 0.15) is 34.1 Å². The van der Waals surface area contributed by atoms with E-state index in [9.17, 15) is 4.79 Å². The Morgan fingerprint density at radius 2 is 2.00 bits per heavy atom. The van der Waals surface area contributed by atoms with Gasteiger partial charge < -0.3 is 9.64 Å². The number of hydrogen-bond acceptors (Lipinski definition) is 3. The van der Waals surface area contributed by atoms with E-state index in [2.05, 4.69) is 46.2 Å². The maximum atomic E-state index is 11.3. The van der Waals surface area contributed by atoms with Gasteiger partial charge in [-0.25, -0.2) is 4.79 Å². The summed E-state index contributed by atoms with van der Waals surface area (Å²) in [5, 5.41) is 0. The van der Waals surface area contributed by atoms with Gasteiger partial charge in [0.1, 0.15) is 6.10 Å². The van der Waals surface area contributed by atoms with E-state index in [-0.39, 0.29) is 23.0 Å². The number of carbonyl (C=O) groups is 1. The van der Waals surface area contributed by atoms with Crippen LogP contribution in [0.4, 0.5) is 0 Å². The molecular weight excluding hydrogens is 202 g/mol. The Labute approximate surface area is 98.5 Å². The molecule has 0 amide bonds. The van der Waals surface area contributed by atoms with E-state index < -0.39 is 0 Å². The summed E-state index contributed by atoms with van der Waals surface area (Å²) >= 11 is 0. The zero-order valence-electron chi connectivity index (χ0n) is 11.0. The topological polar surface area (TPSA) is 29.5 Å². The first-order valence-electron chi connectivity index (χ1n) is 5.77. The van der Waals surface area contributed by atoms with E-state index in [4.69, 9.17) is 4.74 Å². The first-order valence-corrected chi connectivity index (χ1v) is 5.77. The molecule has 1 saturated heterocycles. The number of carbonyl (C=O) groups excluding carboxylic acids is 1. The summed E-state index contributed by atoms with van der Waals surface area (Å²) in [5.74, 6) is -0.321. The third-order valence-corrected chi connectivity index (χ3v) is 4.49. The molecule has 0 aromatic rings. The molecule has 0 aromatic carbocycles. The molecule has 1 aliphatic rings. The van der Waals surface area contributed by atoms with E-state index in [0.717, 1.165) is 13.0 Å². The van der Waals surface area contributed by atoms with Crippen LogP contribution in [0.25, 0.3) is 0 Å². The molecule has 0 aromatic heterocycles. The molecule has 1 heterocycles. The second-order valence-electron chi connectivity index (χ2n) is 5.62. The minimum Gasteiger partial charge on any atom is -0.459 e. The van der Waals surface area contributed by atoms with Crippen LogP contribution in [-0.4, -0.2) is 36.1 Å². The molecule has 92 valence electrons. The van der Waals surface area contributed by atoms with Crippen molar-refractivity contribution in [2.24, 2.45) is 5.41 Å². The van der Waals surface area contributed by atoms with Gasteiger partial charge in [0.05, 0.1) is 0 Å². The fraction of sp³-hybridized carbons (Fsp3) is 0.769. The summed E-state index contributed by atoms with van der Waals surface area (Å²) in [6.07, 6.45) is 2.08. The number of piperidine rings is 1. The molecule has 0 saturated carbocycles. The highest BCUT2D eigenvalue weighted by atomic mass is 16.5. The summed E-state index contributed by atoms with van der Waals surface area (Å²) in [4.78, 5) is 13.6. The highest BCUT2D eigenvalue weighted by Crippen LogP contribution is 2.44. The van der Waals surface area contributed by atoms with Gasteiger partial charge in [0.25, 0.3) is 0 Å². The highest BCUT2D eigenvalue weighted by molar-refractivity contribution is 5.81. The van der Waals surface area contributed by atoms with Crippen LogP contribution in [-0.2, 0) is 9.53 Å². The van der Waals surface area contributed by atoms with Crippen molar-refractivity contribution in [2.75, 3.05) is 13.6 Å². The molecule has 0 spiro atoms. The Hall–Kier alpha value is -0.830. The van der Waals surface area contributed by atoms with Gasteiger partial charge in [-0.05, 0) is 27.3 Å². The molecule has 0 radical (unpaired) electrons. The van der Waals surface area contributed by atoms with Crippen LogP contribution in [0.2, 0.25) is 0 Å². The van der Waals surface area contributed by atoms with Gasteiger partial charge in [-0.3, -0.25) is 0 Å². The largest absolute Gasteiger partial charge is 0.459 e. The molecule has 16 heavy (non-hydrogen) atoms. The van der Waals surface area contributed by atoms with Crippen molar-refractivity contribution >= 4 is 5.97 Å². The number of hydrogen-bond donors (Lipinski definition) is 0. The van der Waals surface area contributed by atoms with Gasteiger partial charge in [-0.2, -0.15) is 0 Å². The van der Waals surface area contributed by atoms with Crippen LogP contribution in [0, 0.1) is 5.41 Å². The first-order chi connectivity index (χ1) is 7.23. The van der Waals surface area contributed by atoms with Gasteiger partial charge >= 0.3 is 5.97 Å². The molecule has 1 rings (SSSR count). The Morgan fingerprint density at radius 3 is 2.50 bits per heavy atom. The molecule has 1 fully saturated rings. The lowest BCUT2D eigenvalue weighted by Gasteiger charge is -2.55. The third kappa shape index (κ3) is 2.01. The second-order valence-corrected chi connectivity index (χ2v) is 5.62. The Bertz CT molecular complexity index is 294. The van der Waals surface area contributed by atoms with Crippen LogP contribution >= 0.6 is 0 Å². The summed E-state index contributed by atoms with van der Waals surface area (Å²) in [7, 11) is 2.12. The summed E-state index contributed by atoms with van der Waals surface area (Å²) < 4.78 is 5.46. The zero-order chi connectivity index (χ0) is 12.6. The summed E-state index contributed by atoms with van der Waals surface area (Å²) in [6.45, 7) is 13.1. The van der Waals surface area contributed by atoms with Crippen molar-refractivity contribution < 1.29 is 9.53 Å². The van der Waals surface area contributed by atoms with Crippen LogP contribution in [0.3, 0.4) is 0 Å². The molecule has 1 atom stereocenters. The molecule has 3 heteroatoms. The predicted molar refractivity (Wildman–Crippen MR) is 65.2 cm³/mol. The molecule has 0 N–H and O–H groups in total. The fourth-order valence-corrected chi connectivity index (χ4v) is 2.23. The van der Waals surface area contributed by atoms with E-state index in [1.165, 1.54) is 6.08 Å². The minimum atomic E-state index is -0.321. The van der Waals surface area contributed by atoms with Gasteiger partial charge in [-0.1, -0.05) is 20.4 Å². The van der Waals surface area contributed by atoms with Crippen molar-refractivity contribution in [3.05, 3.63) is 12.7 Å². The predicted octanol–water partition coefficient (Wildman–Crippen LogP) is 2.22. The van der Waals surface area contributed by atoms with Crippen LogP contribution in [0.15, 0.2) is 12.7 Å². The molecule has 1 aliphatic heterocycles. The van der Waals surface area contributed by atoms with Crippen molar-refractivity contribution in [2.45, 2.75) is 45.8 Å². The quantitative estimate of drug-likeness (QED) is 0.533. The summed E-state index contributed by atoms with van der Waals surface area (Å²) in [5.41, 5.74) is -0.0595. The van der Waals surface area contributed by atoms with Gasteiger partial charge in [0.2, 0.25) is 0 Å². The first kappa shape index (κ1) is 13.2. The average Bonchev–Trinajstić information content (AvgIpc) is 2.20. The number of esters is 1. The average molecular weight is 225 g/mol. The molecule has 3 nitrogen and oxygen atoms in total. The maximum absolute atomic E-state index is 11.3. The molecule has 1 unspecified atom stereocenters. The number of rotatable bonds is 2. The Morgan fingerprint density at radius 1 is 1.44 bits per heavy atom. The minimum absolute atomic E-state index is 0.0113. The Balaban J connectivity index is 2.89. The highest BCUT2D eigenvalue weighted by Gasteiger charge is 2.50. The van der Waals surface area contributed by atoms with E-state index in [1.807, 2.05) is 0 Å². The van der Waals surface area contributed by atoms with Crippen LogP contribution in [0.5, 0.6) is 0 Å². The van der Waals surface area contributed by atoms with Crippen molar-refractivity contribution in [3.8, 4) is 0 Å². The smallest absolute Gasteiger partial charge is 0.330 e. The van der Waals surface area contributed by atoms with Gasteiger partial charge in [0, 0.05) is 23.6 Å². The standard InChI is InChI=1S/C13H23NO2/c1-7-11(15)16-10-8-9-14(6)13(4,5)12(10,2)3/h7,10H,1,8-9H2,2-6H3. The third-order valence-electron chi connectivity index (χ3n) is 4.49. The van der Waals surface area contributed by atoms with Crippen molar-refractivity contribution in [1.29, 1.82) is 0 Å². The van der Waals surface area contributed by atoms with Crippen molar-refractivity contribution in [3.63, 3.8) is 0 Å². The number of ether oxygens (including phenoxy) is 1. The van der Waals surface area contributed by atoms with Crippen molar-refractivity contribution in [1.82, 2.24) is 4.90 Å².